The lowest BCUT2D eigenvalue weighted by Crippen LogP contribution is -2.13. The average molecular weight is 331 g/mol. The molecule has 0 radical (unpaired) electrons. The highest BCUT2D eigenvalue weighted by atomic mass is 79.9. The van der Waals surface area contributed by atoms with Crippen molar-refractivity contribution >= 4 is 39.9 Å². The van der Waals surface area contributed by atoms with Crippen molar-refractivity contribution in [3.05, 3.63) is 58.1 Å². The smallest absolute Gasteiger partial charge is 0.152 e. The Kier molecular flexibility index (Phi) is 4.69. The quantitative estimate of drug-likeness (QED) is 0.473. The first-order valence-corrected chi connectivity index (χ1v) is 6.99. The largest absolute Gasteiger partial charge is 0.336 e. The van der Waals surface area contributed by atoms with Crippen LogP contribution < -0.4 is 4.90 Å². The molecule has 0 saturated heterocycles. The summed E-state index contributed by atoms with van der Waals surface area (Å²) in [4.78, 5) is 17.5. The van der Waals surface area contributed by atoms with Gasteiger partial charge in [-0.3, -0.25) is 4.79 Å². The highest BCUT2D eigenvalue weighted by molar-refractivity contribution is 9.10. The van der Waals surface area contributed by atoms with Crippen molar-refractivity contribution in [2.24, 2.45) is 4.99 Å². The van der Waals surface area contributed by atoms with Crippen molar-refractivity contribution in [1.82, 2.24) is 0 Å². The van der Waals surface area contributed by atoms with Gasteiger partial charge in [0.15, 0.2) is 6.29 Å². The summed E-state index contributed by atoms with van der Waals surface area (Å²) in [6.45, 7) is 1.90. The maximum absolute atomic E-state index is 11.2. The summed E-state index contributed by atoms with van der Waals surface area (Å²) in [5.74, 6) is 0. The topological polar surface area (TPSA) is 32.7 Å². The van der Waals surface area contributed by atoms with Crippen molar-refractivity contribution in [3.8, 4) is 0 Å². The summed E-state index contributed by atoms with van der Waals surface area (Å²) in [5.41, 5.74) is 3.22. The molecule has 20 heavy (non-hydrogen) atoms. The second kappa shape index (κ2) is 6.48. The number of hydrogen-bond donors (Lipinski definition) is 0. The van der Waals surface area contributed by atoms with Crippen LogP contribution in [0.25, 0.3) is 0 Å². The van der Waals surface area contributed by atoms with Crippen molar-refractivity contribution in [2.45, 2.75) is 6.92 Å². The summed E-state index contributed by atoms with van der Waals surface area (Å²) < 4.78 is 0.912. The Hall–Kier alpha value is -1.94. The van der Waals surface area contributed by atoms with Crippen LogP contribution in [-0.2, 0) is 0 Å². The number of hydrogen-bond acceptors (Lipinski definition) is 2. The number of rotatable bonds is 4. The number of para-hydroxylation sites is 1. The number of aldehydes is 1. The summed E-state index contributed by atoms with van der Waals surface area (Å²) >= 11 is 3.42. The molecular formula is C16H15BrN2O. The van der Waals surface area contributed by atoms with Crippen molar-refractivity contribution in [1.29, 1.82) is 0 Å². The SMILES string of the molecule is Cc1c(Br)ccc(/N=C\N(C)c2ccccc2)c1C=O. The highest BCUT2D eigenvalue weighted by Crippen LogP contribution is 2.27. The van der Waals surface area contributed by atoms with Gasteiger partial charge in [-0.25, -0.2) is 4.99 Å². The van der Waals surface area contributed by atoms with Crippen LogP contribution in [0.4, 0.5) is 11.4 Å². The summed E-state index contributed by atoms with van der Waals surface area (Å²) in [5, 5.41) is 0. The van der Waals surface area contributed by atoms with E-state index in [1.54, 1.807) is 6.34 Å². The first-order chi connectivity index (χ1) is 9.63. The van der Waals surface area contributed by atoms with Gasteiger partial charge in [0.25, 0.3) is 0 Å². The van der Waals surface area contributed by atoms with Crippen LogP contribution in [0.5, 0.6) is 0 Å². The van der Waals surface area contributed by atoms with E-state index in [9.17, 15) is 4.79 Å². The Labute approximate surface area is 127 Å². The molecule has 0 aliphatic rings. The number of carbonyl (C=O) groups is 1. The maximum atomic E-state index is 11.2. The predicted molar refractivity (Wildman–Crippen MR) is 87.3 cm³/mol. The van der Waals surface area contributed by atoms with Gasteiger partial charge in [0.1, 0.15) is 0 Å². The number of benzene rings is 2. The van der Waals surface area contributed by atoms with E-state index in [-0.39, 0.29) is 0 Å². The van der Waals surface area contributed by atoms with Gasteiger partial charge in [0.05, 0.1) is 12.0 Å². The summed E-state index contributed by atoms with van der Waals surface area (Å²) in [7, 11) is 1.92. The van der Waals surface area contributed by atoms with E-state index < -0.39 is 0 Å². The minimum absolute atomic E-state index is 0.608. The second-order valence-electron chi connectivity index (χ2n) is 4.41. The molecule has 0 spiro atoms. The zero-order valence-electron chi connectivity index (χ0n) is 11.4. The van der Waals surface area contributed by atoms with Gasteiger partial charge >= 0.3 is 0 Å². The van der Waals surface area contributed by atoms with Gasteiger partial charge in [-0.15, -0.1) is 0 Å². The van der Waals surface area contributed by atoms with Crippen molar-refractivity contribution in [2.75, 3.05) is 11.9 Å². The van der Waals surface area contributed by atoms with Gasteiger partial charge in [-0.05, 0) is 36.8 Å². The Morgan fingerprint density at radius 3 is 2.50 bits per heavy atom. The minimum Gasteiger partial charge on any atom is -0.336 e. The zero-order valence-corrected chi connectivity index (χ0v) is 13.0. The molecule has 4 heteroatoms. The van der Waals surface area contributed by atoms with E-state index in [1.165, 1.54) is 0 Å². The molecule has 102 valence electrons. The summed E-state index contributed by atoms with van der Waals surface area (Å²) in [6.07, 6.45) is 2.56. The van der Waals surface area contributed by atoms with Gasteiger partial charge in [-0.2, -0.15) is 0 Å². The molecule has 2 aromatic rings. The number of aliphatic imine (C=N–C) groups is 1. The number of halogens is 1. The molecule has 0 saturated carbocycles. The lowest BCUT2D eigenvalue weighted by molar-refractivity contribution is 0.112. The standard InChI is InChI=1S/C16H15BrN2O/c1-12-14(10-20)16(9-8-15(12)17)18-11-19(2)13-6-4-3-5-7-13/h3-11H,1-2H3/b18-11-. The molecule has 2 rings (SSSR count). The van der Waals surface area contributed by atoms with Gasteiger partial charge in [0, 0.05) is 22.8 Å². The van der Waals surface area contributed by atoms with Gasteiger partial charge in [-0.1, -0.05) is 34.1 Å². The van der Waals surface area contributed by atoms with E-state index in [0.29, 0.717) is 11.3 Å². The molecule has 3 nitrogen and oxygen atoms in total. The molecule has 0 fully saturated rings. The van der Waals surface area contributed by atoms with Crippen LogP contribution in [0.1, 0.15) is 15.9 Å². The predicted octanol–water partition coefficient (Wildman–Crippen LogP) is 4.37. The molecule has 0 bridgehead atoms. The fraction of sp³-hybridized carbons (Fsp3) is 0.125. The first kappa shape index (κ1) is 14.5. The lowest BCUT2D eigenvalue weighted by Gasteiger charge is -2.13. The lowest BCUT2D eigenvalue weighted by atomic mass is 10.1. The molecule has 0 aromatic heterocycles. The molecular weight excluding hydrogens is 316 g/mol. The maximum Gasteiger partial charge on any atom is 0.152 e. The monoisotopic (exact) mass is 330 g/mol. The summed E-state index contributed by atoms with van der Waals surface area (Å²) in [6, 6.07) is 13.6. The molecule has 0 unspecified atom stereocenters. The molecule has 0 amide bonds. The van der Waals surface area contributed by atoms with Crippen molar-refractivity contribution < 1.29 is 4.79 Å². The Morgan fingerprint density at radius 2 is 1.85 bits per heavy atom. The van der Waals surface area contributed by atoms with E-state index in [0.717, 1.165) is 22.0 Å². The van der Waals surface area contributed by atoms with E-state index >= 15 is 0 Å². The van der Waals surface area contributed by atoms with Gasteiger partial charge < -0.3 is 4.90 Å². The second-order valence-corrected chi connectivity index (χ2v) is 5.27. The third-order valence-corrected chi connectivity index (χ3v) is 3.94. The molecule has 0 heterocycles. The fourth-order valence-electron chi connectivity index (χ4n) is 1.83. The molecule has 0 N–H and O–H groups in total. The average Bonchev–Trinajstić information content (AvgIpc) is 2.49. The van der Waals surface area contributed by atoms with Crippen LogP contribution >= 0.6 is 15.9 Å². The van der Waals surface area contributed by atoms with Crippen LogP contribution in [0.2, 0.25) is 0 Å². The minimum atomic E-state index is 0.608. The molecule has 0 aliphatic heterocycles. The Bertz CT molecular complexity index is 638. The van der Waals surface area contributed by atoms with Gasteiger partial charge in [0.2, 0.25) is 0 Å². The van der Waals surface area contributed by atoms with Crippen LogP contribution in [0.15, 0.2) is 51.9 Å². The molecule has 2 aromatic carbocycles. The van der Waals surface area contributed by atoms with Crippen LogP contribution in [0.3, 0.4) is 0 Å². The van der Waals surface area contributed by atoms with Crippen LogP contribution in [0, 0.1) is 6.92 Å². The van der Waals surface area contributed by atoms with E-state index in [4.69, 9.17) is 0 Å². The number of nitrogens with zero attached hydrogens (tertiary/aromatic N) is 2. The molecule has 0 aliphatic carbocycles. The normalized spacial score (nSPS) is 10.8. The van der Waals surface area contributed by atoms with Crippen molar-refractivity contribution in [3.63, 3.8) is 0 Å². The zero-order chi connectivity index (χ0) is 14.5. The highest BCUT2D eigenvalue weighted by Gasteiger charge is 2.07. The number of anilines is 1. The third kappa shape index (κ3) is 3.14. The fourth-order valence-corrected chi connectivity index (χ4v) is 2.17. The van der Waals surface area contributed by atoms with E-state index in [1.807, 2.05) is 61.3 Å². The Morgan fingerprint density at radius 1 is 1.15 bits per heavy atom. The third-order valence-electron chi connectivity index (χ3n) is 3.08. The number of carbonyl (C=O) groups excluding carboxylic acids is 1. The van der Waals surface area contributed by atoms with E-state index in [2.05, 4.69) is 20.9 Å². The molecule has 0 atom stereocenters. The van der Waals surface area contributed by atoms with Crippen LogP contribution in [-0.4, -0.2) is 19.7 Å². The Balaban J connectivity index is 2.28. The first-order valence-electron chi connectivity index (χ1n) is 6.20.